The summed E-state index contributed by atoms with van der Waals surface area (Å²) in [7, 11) is 0. The van der Waals surface area contributed by atoms with Gasteiger partial charge >= 0.3 is 6.09 Å². The zero-order valence-corrected chi connectivity index (χ0v) is 31.3. The molecule has 2 saturated heterocycles. The highest BCUT2D eigenvalue weighted by Gasteiger charge is 2.25. The molecule has 1 amide bonds. The van der Waals surface area contributed by atoms with Crippen molar-refractivity contribution in [2.75, 3.05) is 65.7 Å². The van der Waals surface area contributed by atoms with Crippen LogP contribution >= 0.6 is 22.7 Å². The van der Waals surface area contributed by atoms with Crippen LogP contribution in [0.1, 0.15) is 57.6 Å². The van der Waals surface area contributed by atoms with Crippen molar-refractivity contribution >= 4 is 48.9 Å². The summed E-state index contributed by atoms with van der Waals surface area (Å²) in [6.07, 6.45) is 5.89. The largest absolute Gasteiger partial charge is 0.444 e. The zero-order valence-electron chi connectivity index (χ0n) is 29.7. The highest BCUT2D eigenvalue weighted by Crippen LogP contribution is 2.23. The first-order valence-corrected chi connectivity index (χ1v) is 19.7. The molecule has 10 heteroatoms. The fraction of sp³-hybridized carbons (Fsp3) is 0.564. The fourth-order valence-electron chi connectivity index (χ4n) is 6.40. The highest BCUT2D eigenvalue weighted by atomic mass is 32.1. The minimum Gasteiger partial charge on any atom is -0.444 e. The maximum absolute atomic E-state index is 11.9. The van der Waals surface area contributed by atoms with Crippen molar-refractivity contribution in [3.8, 4) is 0 Å². The number of hydrogen-bond acceptors (Lipinski definition) is 9. The Bertz CT molecular complexity index is 1570. The van der Waals surface area contributed by atoms with E-state index in [0.29, 0.717) is 6.04 Å². The molecule has 2 aromatic heterocycles. The number of hydrogen-bond donors (Lipinski definition) is 2. The van der Waals surface area contributed by atoms with Crippen molar-refractivity contribution < 1.29 is 19.0 Å². The van der Waals surface area contributed by atoms with Crippen LogP contribution in [0.3, 0.4) is 0 Å². The molecule has 0 radical (unpaired) electrons. The summed E-state index contributed by atoms with van der Waals surface area (Å²) in [6.45, 7) is 15.1. The maximum atomic E-state index is 11.9. The molecule has 6 rings (SSSR count). The first kappa shape index (κ1) is 37.7. The molecule has 3 N–H and O–H groups in total. The number of likely N-dealkylation sites (tertiary alicyclic amines) is 2. The van der Waals surface area contributed by atoms with Gasteiger partial charge in [0, 0.05) is 67.4 Å². The number of alkyl carbamates (subject to hydrolysis) is 1. The summed E-state index contributed by atoms with van der Waals surface area (Å²) in [5.74, 6) is 0. The van der Waals surface area contributed by atoms with Crippen LogP contribution in [0.2, 0.25) is 0 Å². The number of ether oxygens (including phenoxy) is 3. The number of thiophene rings is 2. The Morgan fingerprint density at radius 3 is 1.88 bits per heavy atom. The summed E-state index contributed by atoms with van der Waals surface area (Å²) in [5, 5.41) is 9.93. The minimum atomic E-state index is -0.449. The predicted molar refractivity (Wildman–Crippen MR) is 205 cm³/mol. The van der Waals surface area contributed by atoms with Gasteiger partial charge in [-0.2, -0.15) is 0 Å². The van der Waals surface area contributed by atoms with Crippen molar-refractivity contribution in [3.63, 3.8) is 0 Å². The minimum absolute atomic E-state index is 0.183. The van der Waals surface area contributed by atoms with Crippen molar-refractivity contribution in [1.82, 2.24) is 15.1 Å². The van der Waals surface area contributed by atoms with Crippen molar-refractivity contribution in [3.05, 3.63) is 70.4 Å². The average Bonchev–Trinajstić information content (AvgIpc) is 3.88. The Kier molecular flexibility index (Phi) is 14.7. The number of rotatable bonds is 15. The smallest absolute Gasteiger partial charge is 0.407 e. The van der Waals surface area contributed by atoms with Crippen LogP contribution in [-0.2, 0) is 27.1 Å². The van der Waals surface area contributed by atoms with Gasteiger partial charge in [-0.1, -0.05) is 24.3 Å². The summed E-state index contributed by atoms with van der Waals surface area (Å²) in [5.41, 5.74) is 8.15. The second kappa shape index (κ2) is 19.2. The molecular weight excluding hydrogens is 653 g/mol. The van der Waals surface area contributed by atoms with Gasteiger partial charge in [-0.25, -0.2) is 4.79 Å². The molecule has 2 aromatic carbocycles. The molecule has 0 aliphatic carbocycles. The molecule has 2 fully saturated rings. The number of nitrogens with two attached hydrogens (primary N) is 1. The lowest BCUT2D eigenvalue weighted by molar-refractivity contribution is 0.0505. The van der Waals surface area contributed by atoms with Gasteiger partial charge in [-0.15, -0.1) is 22.7 Å². The number of nitrogens with one attached hydrogen (secondary N) is 1. The molecule has 2 aliphatic rings. The van der Waals surface area contributed by atoms with Gasteiger partial charge in [-0.3, -0.25) is 0 Å². The zero-order chi connectivity index (χ0) is 34.5. The van der Waals surface area contributed by atoms with Crippen LogP contribution in [0.4, 0.5) is 4.79 Å². The SMILES string of the molecule is CC(C)(C)OC(=O)NC1CCN(CCCOCCc2ccc3sccc3c2)C1.NC1CCN(CCCOCCc2ccc3sccc3c2)C1. The lowest BCUT2D eigenvalue weighted by Gasteiger charge is -2.22. The van der Waals surface area contributed by atoms with E-state index in [1.54, 1.807) is 22.7 Å². The van der Waals surface area contributed by atoms with Gasteiger partial charge in [0.1, 0.15) is 5.60 Å². The lowest BCUT2D eigenvalue weighted by atomic mass is 10.1. The van der Waals surface area contributed by atoms with Gasteiger partial charge in [0.2, 0.25) is 0 Å². The summed E-state index contributed by atoms with van der Waals surface area (Å²) in [4.78, 5) is 16.7. The molecule has 0 saturated carbocycles. The van der Waals surface area contributed by atoms with E-state index in [2.05, 4.69) is 74.4 Å². The number of carbonyl (C=O) groups excluding carboxylic acids is 1. The number of benzene rings is 2. The third kappa shape index (κ3) is 13.2. The first-order valence-electron chi connectivity index (χ1n) is 18.0. The molecule has 2 aliphatic heterocycles. The van der Waals surface area contributed by atoms with Crippen molar-refractivity contribution in [2.45, 2.75) is 77.0 Å². The maximum Gasteiger partial charge on any atom is 0.407 e. The summed E-state index contributed by atoms with van der Waals surface area (Å²) < 4.78 is 19.6. The quantitative estimate of drug-likeness (QED) is 0.125. The van der Waals surface area contributed by atoms with Crippen molar-refractivity contribution in [2.24, 2.45) is 5.73 Å². The first-order chi connectivity index (χ1) is 23.7. The average molecular weight is 709 g/mol. The fourth-order valence-corrected chi connectivity index (χ4v) is 7.94. The molecule has 0 spiro atoms. The molecule has 8 nitrogen and oxygen atoms in total. The Morgan fingerprint density at radius 1 is 0.796 bits per heavy atom. The third-order valence-electron chi connectivity index (χ3n) is 8.93. The summed E-state index contributed by atoms with van der Waals surface area (Å²) in [6, 6.07) is 18.3. The predicted octanol–water partition coefficient (Wildman–Crippen LogP) is 7.33. The van der Waals surface area contributed by atoms with E-state index < -0.39 is 5.60 Å². The van der Waals surface area contributed by atoms with Crippen LogP contribution in [0.25, 0.3) is 20.2 Å². The van der Waals surface area contributed by atoms with Crippen LogP contribution in [0.5, 0.6) is 0 Å². The molecule has 268 valence electrons. The molecule has 4 heterocycles. The van der Waals surface area contributed by atoms with Gasteiger partial charge in [0.25, 0.3) is 0 Å². The van der Waals surface area contributed by atoms with Gasteiger partial charge < -0.3 is 35.1 Å². The van der Waals surface area contributed by atoms with Gasteiger partial charge in [0.05, 0.1) is 13.2 Å². The Hall–Kier alpha value is -2.57. The molecule has 4 aromatic rings. The molecule has 2 unspecified atom stereocenters. The van der Waals surface area contributed by atoms with Crippen LogP contribution in [0, 0.1) is 0 Å². The van der Waals surface area contributed by atoms with Gasteiger partial charge in [-0.05, 0) is 123 Å². The Labute approximate surface area is 300 Å². The second-order valence-electron chi connectivity index (χ2n) is 14.3. The Balaban J connectivity index is 0.000000199. The topological polar surface area (TPSA) is 89.3 Å². The monoisotopic (exact) mass is 708 g/mol. The highest BCUT2D eigenvalue weighted by molar-refractivity contribution is 7.17. The van der Waals surface area contributed by atoms with Crippen LogP contribution in [0.15, 0.2) is 59.3 Å². The van der Waals surface area contributed by atoms with E-state index in [1.807, 2.05) is 20.8 Å². The van der Waals surface area contributed by atoms with E-state index in [4.69, 9.17) is 19.9 Å². The molecular formula is C39H56N4O4S2. The third-order valence-corrected chi connectivity index (χ3v) is 10.7. The molecule has 0 bridgehead atoms. The van der Waals surface area contributed by atoms with Crippen molar-refractivity contribution in [1.29, 1.82) is 0 Å². The van der Waals surface area contributed by atoms with E-state index in [9.17, 15) is 4.79 Å². The molecule has 2 atom stereocenters. The Morgan fingerprint density at radius 2 is 1.35 bits per heavy atom. The number of nitrogens with zero attached hydrogens (tertiary/aromatic N) is 2. The van der Waals surface area contributed by atoms with Crippen LogP contribution in [-0.4, -0.2) is 99.3 Å². The van der Waals surface area contributed by atoms with E-state index in [1.165, 1.54) is 31.3 Å². The standard InChI is InChI=1S/C22H32N2O3S.C17H24N2OS/c1-22(2,3)27-21(25)23-19-7-11-24(16-19)10-4-12-26-13-8-17-5-6-20-18(15-17)9-14-28-20;18-16-4-8-19(13-16)7-1-9-20-10-5-14-2-3-17-15(12-14)6-11-21-17/h5-6,9,14-15,19H,4,7-8,10-13,16H2,1-3H3,(H,23,25);2-3,6,11-12,16H,1,4-5,7-10,13,18H2. The van der Waals surface area contributed by atoms with E-state index in [-0.39, 0.29) is 12.1 Å². The van der Waals surface area contributed by atoms with Gasteiger partial charge in [0.15, 0.2) is 0 Å². The van der Waals surface area contributed by atoms with E-state index in [0.717, 1.165) is 104 Å². The normalized spacial score (nSPS) is 18.6. The number of fused-ring (bicyclic) bond motifs is 2. The summed E-state index contributed by atoms with van der Waals surface area (Å²) >= 11 is 3.58. The van der Waals surface area contributed by atoms with E-state index >= 15 is 0 Å². The second-order valence-corrected chi connectivity index (χ2v) is 16.2. The molecule has 49 heavy (non-hydrogen) atoms. The lowest BCUT2D eigenvalue weighted by Crippen LogP contribution is -2.40. The number of carbonyl (C=O) groups is 1. The number of amides is 1. The van der Waals surface area contributed by atoms with Crippen LogP contribution < -0.4 is 11.1 Å².